The van der Waals surface area contributed by atoms with Crippen molar-refractivity contribution in [2.75, 3.05) is 12.9 Å². The molecule has 0 atom stereocenters. The molecule has 1 heterocycles. The van der Waals surface area contributed by atoms with Crippen molar-refractivity contribution in [2.24, 2.45) is 0 Å². The van der Waals surface area contributed by atoms with Gasteiger partial charge >= 0.3 is 0 Å². The average molecular weight is 325 g/mol. The first-order valence-electron chi connectivity index (χ1n) is 6.62. The molecule has 1 aromatic heterocycles. The van der Waals surface area contributed by atoms with Gasteiger partial charge in [-0.15, -0.1) is 11.3 Å². The molecule has 0 spiro atoms. The molecule has 0 unspecified atom stereocenters. The molecule has 0 saturated carbocycles. The first-order valence-corrected chi connectivity index (χ1v) is 9.33. The number of nitrogens with one attached hydrogen (secondary N) is 1. The van der Waals surface area contributed by atoms with Crippen LogP contribution in [0.25, 0.3) is 10.1 Å². The van der Waals surface area contributed by atoms with Crippen LogP contribution in [0.15, 0.2) is 24.3 Å². The lowest BCUT2D eigenvalue weighted by molar-refractivity contribution is 0.326. The highest BCUT2D eigenvalue weighted by Gasteiger charge is 2.32. The second-order valence-corrected chi connectivity index (χ2v) is 9.06. The molecule has 0 aliphatic heterocycles. The predicted octanol–water partition coefficient (Wildman–Crippen LogP) is 3.54. The van der Waals surface area contributed by atoms with Crippen LogP contribution in [0.1, 0.15) is 31.2 Å². The van der Waals surface area contributed by atoms with Crippen molar-refractivity contribution < 1.29 is 13.2 Å². The maximum absolute atomic E-state index is 11.9. The van der Waals surface area contributed by atoms with Crippen molar-refractivity contribution in [3.8, 4) is 0 Å². The number of hydrogen-bond acceptors (Lipinski definition) is 5. The second kappa shape index (κ2) is 5.42. The van der Waals surface area contributed by atoms with Gasteiger partial charge in [-0.1, -0.05) is 6.07 Å². The van der Waals surface area contributed by atoms with Crippen LogP contribution in [0, 0.1) is 5.41 Å². The van der Waals surface area contributed by atoms with E-state index in [2.05, 4.69) is 0 Å². The Labute approximate surface area is 129 Å². The highest BCUT2D eigenvalue weighted by atomic mass is 32.2. The molecule has 0 amide bonds. The summed E-state index contributed by atoms with van der Waals surface area (Å²) < 4.78 is 29.2. The van der Waals surface area contributed by atoms with E-state index in [0.717, 1.165) is 20.5 Å². The molecule has 2 rings (SSSR count). The molecule has 4 nitrogen and oxygen atoms in total. The van der Waals surface area contributed by atoms with Crippen LogP contribution in [-0.2, 0) is 19.3 Å². The third-order valence-corrected chi connectivity index (χ3v) is 6.86. The molecule has 1 N–H and O–H groups in total. The predicted molar refractivity (Wildman–Crippen MR) is 88.1 cm³/mol. The summed E-state index contributed by atoms with van der Waals surface area (Å²) in [6.07, 6.45) is 1.25. The lowest BCUT2D eigenvalue weighted by Crippen LogP contribution is -2.27. The fraction of sp³-hybridized carbons (Fsp3) is 0.400. The Bertz CT molecular complexity index is 788. The Kier molecular flexibility index (Phi) is 4.13. The van der Waals surface area contributed by atoms with Crippen molar-refractivity contribution in [3.63, 3.8) is 0 Å². The molecular formula is C15H19NO3S2. The fourth-order valence-corrected chi connectivity index (χ4v) is 3.46. The summed E-state index contributed by atoms with van der Waals surface area (Å²) >= 11 is 1.47. The van der Waals surface area contributed by atoms with Crippen molar-refractivity contribution in [1.82, 2.24) is 0 Å². The zero-order chi connectivity index (χ0) is 15.8. The van der Waals surface area contributed by atoms with Gasteiger partial charge in [-0.3, -0.25) is 5.41 Å². The SMILES string of the molecule is CCOC(=N)c1cc2cc(C(C)(C)S(C)(=O)=O)ccc2s1. The van der Waals surface area contributed by atoms with Crippen LogP contribution in [0.2, 0.25) is 0 Å². The number of fused-ring (bicyclic) bond motifs is 1. The van der Waals surface area contributed by atoms with E-state index in [1.807, 2.05) is 31.2 Å². The number of benzene rings is 1. The second-order valence-electron chi connectivity index (χ2n) is 5.41. The average Bonchev–Trinajstić information content (AvgIpc) is 2.80. The molecule has 0 fully saturated rings. The van der Waals surface area contributed by atoms with Crippen molar-refractivity contribution in [1.29, 1.82) is 5.41 Å². The Morgan fingerprint density at radius 2 is 2.00 bits per heavy atom. The summed E-state index contributed by atoms with van der Waals surface area (Å²) in [5.41, 5.74) is 0.754. The first-order chi connectivity index (χ1) is 9.66. The molecule has 0 bridgehead atoms. The molecule has 0 radical (unpaired) electrons. The van der Waals surface area contributed by atoms with Crippen molar-refractivity contribution in [3.05, 3.63) is 34.7 Å². The van der Waals surface area contributed by atoms with E-state index in [1.54, 1.807) is 13.8 Å². The Morgan fingerprint density at radius 1 is 1.33 bits per heavy atom. The molecule has 21 heavy (non-hydrogen) atoms. The van der Waals surface area contributed by atoms with E-state index >= 15 is 0 Å². The standard InChI is InChI=1S/C15H19NO3S2/c1-5-19-14(16)13-9-10-8-11(6-7-12(10)20-13)15(2,3)21(4,17)18/h6-9,16H,5H2,1-4H3. The number of ether oxygens (including phenoxy) is 1. The molecule has 6 heteroatoms. The molecule has 114 valence electrons. The third-order valence-electron chi connectivity index (χ3n) is 3.65. The van der Waals surface area contributed by atoms with Crippen LogP contribution in [0.5, 0.6) is 0 Å². The van der Waals surface area contributed by atoms with Crippen LogP contribution in [0.4, 0.5) is 0 Å². The van der Waals surface area contributed by atoms with Gasteiger partial charge in [0.25, 0.3) is 0 Å². The fourth-order valence-electron chi connectivity index (χ4n) is 1.96. The number of sulfone groups is 1. The van der Waals surface area contributed by atoms with E-state index in [1.165, 1.54) is 17.6 Å². The van der Waals surface area contributed by atoms with Gasteiger partial charge in [0.05, 0.1) is 16.2 Å². The van der Waals surface area contributed by atoms with Crippen LogP contribution >= 0.6 is 11.3 Å². The van der Waals surface area contributed by atoms with E-state index < -0.39 is 14.6 Å². The van der Waals surface area contributed by atoms with E-state index in [-0.39, 0.29) is 5.90 Å². The van der Waals surface area contributed by atoms with E-state index in [9.17, 15) is 8.42 Å². The minimum absolute atomic E-state index is 0.155. The zero-order valence-corrected chi connectivity index (χ0v) is 14.2. The van der Waals surface area contributed by atoms with Gasteiger partial charge < -0.3 is 4.74 Å². The molecular weight excluding hydrogens is 306 g/mol. The number of thiophene rings is 1. The third kappa shape index (κ3) is 2.96. The van der Waals surface area contributed by atoms with Crippen molar-refractivity contribution >= 4 is 37.2 Å². The normalized spacial score (nSPS) is 12.6. The Hall–Kier alpha value is -1.40. The summed E-state index contributed by atoms with van der Waals surface area (Å²) in [7, 11) is -3.21. The topological polar surface area (TPSA) is 67.2 Å². The summed E-state index contributed by atoms with van der Waals surface area (Å²) in [5, 5.41) is 8.77. The number of hydrogen-bond donors (Lipinski definition) is 1. The lowest BCUT2D eigenvalue weighted by Gasteiger charge is -2.23. The van der Waals surface area contributed by atoms with Gasteiger partial charge in [0.15, 0.2) is 9.84 Å². The zero-order valence-electron chi connectivity index (χ0n) is 12.6. The smallest absolute Gasteiger partial charge is 0.223 e. The van der Waals surface area contributed by atoms with Gasteiger partial charge in [-0.2, -0.15) is 0 Å². The quantitative estimate of drug-likeness (QED) is 0.690. The van der Waals surface area contributed by atoms with Gasteiger partial charge in [0.1, 0.15) is 0 Å². The molecule has 0 aliphatic carbocycles. The summed E-state index contributed by atoms with van der Waals surface area (Å²) in [6.45, 7) is 5.71. The highest BCUT2D eigenvalue weighted by Crippen LogP contribution is 2.34. The monoisotopic (exact) mass is 325 g/mol. The lowest BCUT2D eigenvalue weighted by atomic mass is 10.0. The maximum atomic E-state index is 11.9. The van der Waals surface area contributed by atoms with Gasteiger partial charge in [0.2, 0.25) is 5.90 Å². The minimum atomic E-state index is -3.21. The molecule has 1 aromatic carbocycles. The first kappa shape index (κ1) is 16.0. The largest absolute Gasteiger partial charge is 0.477 e. The van der Waals surface area contributed by atoms with E-state index in [4.69, 9.17) is 10.1 Å². The molecule has 0 saturated heterocycles. The maximum Gasteiger partial charge on any atom is 0.223 e. The van der Waals surface area contributed by atoms with Gasteiger partial charge in [0, 0.05) is 11.0 Å². The number of rotatable bonds is 4. The Morgan fingerprint density at radius 3 is 2.57 bits per heavy atom. The van der Waals surface area contributed by atoms with Gasteiger partial charge in [-0.25, -0.2) is 8.42 Å². The summed E-state index contributed by atoms with van der Waals surface area (Å²) in [6, 6.07) is 7.51. The Balaban J connectivity index is 2.50. The minimum Gasteiger partial charge on any atom is -0.477 e. The summed E-state index contributed by atoms with van der Waals surface area (Å²) in [5.74, 6) is 0.155. The van der Waals surface area contributed by atoms with Crippen LogP contribution in [0.3, 0.4) is 0 Å². The van der Waals surface area contributed by atoms with Crippen LogP contribution < -0.4 is 0 Å². The highest BCUT2D eigenvalue weighted by molar-refractivity contribution is 7.91. The van der Waals surface area contributed by atoms with Crippen molar-refractivity contribution in [2.45, 2.75) is 25.5 Å². The summed E-state index contributed by atoms with van der Waals surface area (Å²) in [4.78, 5) is 0.751. The van der Waals surface area contributed by atoms with Gasteiger partial charge in [-0.05, 0) is 49.9 Å². The van der Waals surface area contributed by atoms with E-state index in [0.29, 0.717) is 6.61 Å². The van der Waals surface area contributed by atoms with Crippen LogP contribution in [-0.4, -0.2) is 27.2 Å². The molecule has 2 aromatic rings. The molecule has 0 aliphatic rings.